The van der Waals surface area contributed by atoms with E-state index in [-0.39, 0.29) is 23.9 Å². The van der Waals surface area contributed by atoms with Crippen LogP contribution in [0.1, 0.15) is 53.9 Å². The number of ether oxygens (including phenoxy) is 2. The molecule has 3 rings (SSSR count). The monoisotopic (exact) mass is 411 g/mol. The molecule has 30 heavy (non-hydrogen) atoms. The number of hydrogen-bond acceptors (Lipinski definition) is 3. The van der Waals surface area contributed by atoms with E-state index < -0.39 is 0 Å². The van der Waals surface area contributed by atoms with Crippen molar-refractivity contribution >= 4 is 5.91 Å². The molecule has 0 spiro atoms. The van der Waals surface area contributed by atoms with Crippen LogP contribution in [-0.4, -0.2) is 39.3 Å². The summed E-state index contributed by atoms with van der Waals surface area (Å²) < 4.78 is 11.1. The molecular weight excluding hydrogens is 376 g/mol. The maximum Gasteiger partial charge on any atom is 0.252 e. The summed E-state index contributed by atoms with van der Waals surface area (Å²) in [6.07, 6.45) is 0.992. The van der Waals surface area contributed by atoms with E-state index in [1.807, 2.05) is 31.2 Å². The van der Waals surface area contributed by atoms with E-state index in [1.54, 1.807) is 14.2 Å². The lowest BCUT2D eigenvalue weighted by Gasteiger charge is -2.40. The minimum Gasteiger partial charge on any atom is -0.493 e. The molecular formula is C25H35N2O3+. The molecule has 162 valence electrons. The second-order valence-corrected chi connectivity index (χ2v) is 8.45. The van der Waals surface area contributed by atoms with Gasteiger partial charge in [-0.1, -0.05) is 32.0 Å². The molecule has 2 aromatic rings. The topological polar surface area (TPSA) is 52.0 Å². The van der Waals surface area contributed by atoms with Crippen LogP contribution in [-0.2, 0) is 6.42 Å². The summed E-state index contributed by atoms with van der Waals surface area (Å²) in [6, 6.07) is 12.1. The molecule has 0 aliphatic carbocycles. The fourth-order valence-corrected chi connectivity index (χ4v) is 4.65. The van der Waals surface area contributed by atoms with Gasteiger partial charge in [0.25, 0.3) is 5.91 Å². The average molecular weight is 412 g/mol. The molecule has 1 amide bonds. The van der Waals surface area contributed by atoms with Crippen molar-refractivity contribution in [2.45, 2.75) is 46.2 Å². The second-order valence-electron chi connectivity index (χ2n) is 8.45. The van der Waals surface area contributed by atoms with Crippen molar-refractivity contribution < 1.29 is 19.2 Å². The standard InChI is InChI=1S/C25H34N2O3/c1-7-27-13-12-18-14-21(29-5)22(30-6)15-20(18)24(27)23(16(2)3)26-25(28)19-11-9-8-10-17(19)4/h8-11,14-16,23-24H,7,12-13H2,1-6H3,(H,26,28)/p+1/t23-,24+/m1/s1. The minimum atomic E-state index is -0.00477. The number of amides is 1. The Morgan fingerprint density at radius 2 is 1.83 bits per heavy atom. The fourth-order valence-electron chi connectivity index (χ4n) is 4.65. The first-order valence-corrected chi connectivity index (χ1v) is 10.9. The largest absolute Gasteiger partial charge is 0.493 e. The molecule has 0 aromatic heterocycles. The van der Waals surface area contributed by atoms with Gasteiger partial charge in [-0.2, -0.15) is 0 Å². The van der Waals surface area contributed by atoms with Gasteiger partial charge in [0, 0.05) is 17.5 Å². The third kappa shape index (κ3) is 4.31. The van der Waals surface area contributed by atoms with Gasteiger partial charge in [-0.3, -0.25) is 4.79 Å². The molecule has 5 nitrogen and oxygen atoms in total. The molecule has 2 N–H and O–H groups in total. The van der Waals surface area contributed by atoms with E-state index in [4.69, 9.17) is 9.47 Å². The van der Waals surface area contributed by atoms with Crippen LogP contribution in [0.5, 0.6) is 11.5 Å². The van der Waals surface area contributed by atoms with E-state index in [9.17, 15) is 4.79 Å². The van der Waals surface area contributed by atoms with Crippen LogP contribution in [0.2, 0.25) is 0 Å². The molecule has 0 radical (unpaired) electrons. The van der Waals surface area contributed by atoms with Crippen LogP contribution in [0.25, 0.3) is 0 Å². The number of carbonyl (C=O) groups excluding carboxylic acids is 1. The van der Waals surface area contributed by atoms with Crippen molar-refractivity contribution in [3.8, 4) is 11.5 Å². The Bertz CT molecular complexity index is 894. The highest BCUT2D eigenvalue weighted by atomic mass is 16.5. The number of nitrogens with one attached hydrogen (secondary N) is 2. The van der Waals surface area contributed by atoms with E-state index in [1.165, 1.54) is 16.0 Å². The SMILES string of the molecule is CC[NH+]1CCc2cc(OC)c(OC)cc2[C@H]1[C@H](NC(=O)c1ccccc1C)C(C)C. The Kier molecular flexibility index (Phi) is 7.03. The van der Waals surface area contributed by atoms with Gasteiger partial charge < -0.3 is 19.7 Å². The smallest absolute Gasteiger partial charge is 0.252 e. The molecule has 3 atom stereocenters. The van der Waals surface area contributed by atoms with Crippen molar-refractivity contribution in [1.29, 1.82) is 0 Å². The number of methoxy groups -OCH3 is 2. The van der Waals surface area contributed by atoms with E-state index in [0.717, 1.165) is 42.1 Å². The van der Waals surface area contributed by atoms with Crippen LogP contribution in [0, 0.1) is 12.8 Å². The third-order valence-electron chi connectivity index (χ3n) is 6.35. The van der Waals surface area contributed by atoms with Gasteiger partial charge in [0.05, 0.1) is 33.4 Å². The number of quaternary nitrogens is 1. The van der Waals surface area contributed by atoms with Gasteiger partial charge in [-0.15, -0.1) is 0 Å². The van der Waals surface area contributed by atoms with Gasteiger partial charge in [0.2, 0.25) is 0 Å². The molecule has 1 aliphatic heterocycles. The van der Waals surface area contributed by atoms with Crippen LogP contribution in [0.15, 0.2) is 36.4 Å². The van der Waals surface area contributed by atoms with Crippen molar-refractivity contribution in [2.24, 2.45) is 5.92 Å². The fraction of sp³-hybridized carbons (Fsp3) is 0.480. The highest BCUT2D eigenvalue weighted by Crippen LogP contribution is 2.36. The molecule has 0 fully saturated rings. The number of fused-ring (bicyclic) bond motifs is 1. The van der Waals surface area contributed by atoms with Crippen LogP contribution < -0.4 is 19.7 Å². The zero-order chi connectivity index (χ0) is 21.8. The predicted octanol–water partition coefficient (Wildman–Crippen LogP) is 2.97. The van der Waals surface area contributed by atoms with Gasteiger partial charge >= 0.3 is 0 Å². The summed E-state index contributed by atoms with van der Waals surface area (Å²) in [6.45, 7) is 10.6. The molecule has 2 aromatic carbocycles. The number of benzene rings is 2. The average Bonchev–Trinajstić information content (AvgIpc) is 2.75. The number of hydrogen-bond donors (Lipinski definition) is 2. The van der Waals surface area contributed by atoms with E-state index in [2.05, 4.69) is 38.2 Å². The lowest BCUT2D eigenvalue weighted by Crippen LogP contribution is -3.14. The maximum atomic E-state index is 13.2. The summed E-state index contributed by atoms with van der Waals surface area (Å²) in [5.74, 6) is 1.78. The predicted molar refractivity (Wildman–Crippen MR) is 120 cm³/mol. The summed E-state index contributed by atoms with van der Waals surface area (Å²) in [4.78, 5) is 14.7. The summed E-state index contributed by atoms with van der Waals surface area (Å²) in [5.41, 5.74) is 4.27. The van der Waals surface area contributed by atoms with Crippen LogP contribution >= 0.6 is 0 Å². The lowest BCUT2D eigenvalue weighted by atomic mass is 9.83. The molecule has 1 unspecified atom stereocenters. The van der Waals surface area contributed by atoms with Gasteiger partial charge in [-0.05, 0) is 49.1 Å². The molecule has 5 heteroatoms. The van der Waals surface area contributed by atoms with Gasteiger partial charge in [0.15, 0.2) is 11.5 Å². The number of likely N-dealkylation sites (N-methyl/N-ethyl adjacent to an activating group) is 1. The minimum absolute atomic E-state index is 0.00390. The first-order chi connectivity index (χ1) is 14.4. The van der Waals surface area contributed by atoms with Crippen molar-refractivity contribution in [3.63, 3.8) is 0 Å². The molecule has 0 saturated carbocycles. The van der Waals surface area contributed by atoms with Crippen LogP contribution in [0.4, 0.5) is 0 Å². The van der Waals surface area contributed by atoms with Crippen molar-refractivity contribution in [1.82, 2.24) is 5.32 Å². The van der Waals surface area contributed by atoms with E-state index >= 15 is 0 Å². The van der Waals surface area contributed by atoms with Crippen molar-refractivity contribution in [3.05, 3.63) is 58.7 Å². The Morgan fingerprint density at radius 1 is 1.17 bits per heavy atom. The van der Waals surface area contributed by atoms with Gasteiger partial charge in [-0.25, -0.2) is 0 Å². The highest BCUT2D eigenvalue weighted by Gasteiger charge is 2.40. The Hall–Kier alpha value is -2.53. The zero-order valence-corrected chi connectivity index (χ0v) is 19.0. The molecule has 1 aliphatic rings. The summed E-state index contributed by atoms with van der Waals surface area (Å²) >= 11 is 0. The normalized spacial score (nSPS) is 19.2. The maximum absolute atomic E-state index is 13.2. The van der Waals surface area contributed by atoms with Crippen molar-refractivity contribution in [2.75, 3.05) is 27.3 Å². The van der Waals surface area contributed by atoms with E-state index in [0.29, 0.717) is 0 Å². The molecule has 0 bridgehead atoms. The zero-order valence-electron chi connectivity index (χ0n) is 19.0. The second kappa shape index (κ2) is 9.52. The number of carbonyl (C=O) groups is 1. The first kappa shape index (κ1) is 22.2. The molecule has 1 heterocycles. The summed E-state index contributed by atoms with van der Waals surface area (Å²) in [5, 5.41) is 3.38. The quantitative estimate of drug-likeness (QED) is 0.737. The van der Waals surface area contributed by atoms with Crippen LogP contribution in [0.3, 0.4) is 0 Å². The summed E-state index contributed by atoms with van der Waals surface area (Å²) in [7, 11) is 3.35. The van der Waals surface area contributed by atoms with Gasteiger partial charge in [0.1, 0.15) is 6.04 Å². The number of rotatable bonds is 7. The Balaban J connectivity index is 2.02. The lowest BCUT2D eigenvalue weighted by molar-refractivity contribution is -0.934. The molecule has 0 saturated heterocycles. The first-order valence-electron chi connectivity index (χ1n) is 10.9. The Morgan fingerprint density at radius 3 is 2.43 bits per heavy atom. The Labute approximate surface area is 180 Å². The highest BCUT2D eigenvalue weighted by molar-refractivity contribution is 5.95. The number of aryl methyl sites for hydroxylation is 1. The third-order valence-corrected chi connectivity index (χ3v) is 6.35.